The van der Waals surface area contributed by atoms with Crippen molar-refractivity contribution >= 4 is 17.5 Å². The summed E-state index contributed by atoms with van der Waals surface area (Å²) in [4.78, 5) is 24.4. The van der Waals surface area contributed by atoms with E-state index >= 15 is 0 Å². The summed E-state index contributed by atoms with van der Waals surface area (Å²) in [5.41, 5.74) is 3.61. The van der Waals surface area contributed by atoms with Gasteiger partial charge in [0.2, 0.25) is 0 Å². The van der Waals surface area contributed by atoms with Gasteiger partial charge in [-0.05, 0) is 54.3 Å². The fourth-order valence-electron chi connectivity index (χ4n) is 3.06. The number of amides is 2. The smallest absolute Gasteiger partial charge is 0.262 e. The highest BCUT2D eigenvalue weighted by atomic mass is 16.5. The highest BCUT2D eigenvalue weighted by Crippen LogP contribution is 2.16. The molecule has 0 radical (unpaired) electrons. The molecule has 0 saturated heterocycles. The summed E-state index contributed by atoms with van der Waals surface area (Å²) < 4.78 is 5.54. The number of hydrogen-bond acceptors (Lipinski definition) is 3. The molecule has 2 N–H and O–H groups in total. The number of nitrogens with one attached hydrogen (secondary N) is 2. The average Bonchev–Trinajstić information content (AvgIpc) is 2.79. The van der Waals surface area contributed by atoms with Crippen LogP contribution in [-0.2, 0) is 17.6 Å². The van der Waals surface area contributed by atoms with Crippen LogP contribution in [0.4, 0.5) is 5.69 Å². The molecule has 0 fully saturated rings. The van der Waals surface area contributed by atoms with Crippen molar-refractivity contribution in [1.82, 2.24) is 5.32 Å². The van der Waals surface area contributed by atoms with Gasteiger partial charge in [-0.2, -0.15) is 0 Å². The Bertz CT molecular complexity index is 969. The maximum atomic E-state index is 12.3. The van der Waals surface area contributed by atoms with Crippen molar-refractivity contribution in [2.75, 3.05) is 18.5 Å². The summed E-state index contributed by atoms with van der Waals surface area (Å²) in [6.07, 6.45) is 1.62. The minimum absolute atomic E-state index is 0.0966. The standard InChI is InChI=1S/C25H26N2O3/c1-2-20-10-6-7-11-23(20)27-24(28)18-30-22-14-12-21(13-15-22)25(29)26-17-16-19-8-4-3-5-9-19/h3-15H,2,16-18H2,1H3,(H,26,29)(H,27,28). The van der Waals surface area contributed by atoms with Crippen molar-refractivity contribution < 1.29 is 14.3 Å². The van der Waals surface area contributed by atoms with Crippen molar-refractivity contribution in [1.29, 1.82) is 0 Å². The van der Waals surface area contributed by atoms with Crippen LogP contribution in [0, 0.1) is 0 Å². The first-order valence-electron chi connectivity index (χ1n) is 10.1. The Balaban J connectivity index is 1.44. The Morgan fingerprint density at radius 1 is 0.867 bits per heavy atom. The van der Waals surface area contributed by atoms with Crippen LogP contribution in [0.1, 0.15) is 28.4 Å². The number of benzene rings is 3. The molecule has 3 rings (SSSR count). The van der Waals surface area contributed by atoms with Gasteiger partial charge in [-0.1, -0.05) is 55.5 Å². The van der Waals surface area contributed by atoms with E-state index in [-0.39, 0.29) is 18.4 Å². The minimum Gasteiger partial charge on any atom is -0.484 e. The molecule has 0 atom stereocenters. The SMILES string of the molecule is CCc1ccccc1NC(=O)COc1ccc(C(=O)NCCc2ccccc2)cc1. The lowest BCUT2D eigenvalue weighted by Crippen LogP contribution is -2.25. The van der Waals surface area contributed by atoms with Crippen LogP contribution in [0.3, 0.4) is 0 Å². The van der Waals surface area contributed by atoms with E-state index < -0.39 is 0 Å². The lowest BCUT2D eigenvalue weighted by atomic mass is 10.1. The topological polar surface area (TPSA) is 67.4 Å². The number of carbonyl (C=O) groups is 2. The molecule has 0 aliphatic rings. The molecule has 0 saturated carbocycles. The van der Waals surface area contributed by atoms with Crippen LogP contribution in [0.5, 0.6) is 5.75 Å². The first kappa shape index (κ1) is 21.1. The molecule has 5 heteroatoms. The van der Waals surface area contributed by atoms with Crippen LogP contribution in [0.2, 0.25) is 0 Å². The van der Waals surface area contributed by atoms with Gasteiger partial charge in [-0.25, -0.2) is 0 Å². The Kier molecular flexibility index (Phi) is 7.61. The lowest BCUT2D eigenvalue weighted by molar-refractivity contribution is -0.118. The molecule has 154 valence electrons. The zero-order valence-electron chi connectivity index (χ0n) is 17.1. The number of aryl methyl sites for hydroxylation is 1. The van der Waals surface area contributed by atoms with Gasteiger partial charge in [0.1, 0.15) is 5.75 Å². The third kappa shape index (κ3) is 6.21. The van der Waals surface area contributed by atoms with Gasteiger partial charge in [-0.15, -0.1) is 0 Å². The van der Waals surface area contributed by atoms with E-state index in [1.807, 2.05) is 61.5 Å². The maximum Gasteiger partial charge on any atom is 0.262 e. The molecule has 5 nitrogen and oxygen atoms in total. The van der Waals surface area contributed by atoms with E-state index in [1.165, 1.54) is 5.56 Å². The second-order valence-corrected chi connectivity index (χ2v) is 6.86. The molecule has 3 aromatic rings. The maximum absolute atomic E-state index is 12.3. The van der Waals surface area contributed by atoms with E-state index in [9.17, 15) is 9.59 Å². The summed E-state index contributed by atoms with van der Waals surface area (Å²) >= 11 is 0. The fourth-order valence-corrected chi connectivity index (χ4v) is 3.06. The van der Waals surface area contributed by atoms with Crippen molar-refractivity contribution in [3.63, 3.8) is 0 Å². The Hall–Kier alpha value is -3.60. The van der Waals surface area contributed by atoms with Gasteiger partial charge in [0, 0.05) is 17.8 Å². The average molecular weight is 402 g/mol. The van der Waals surface area contributed by atoms with E-state index in [2.05, 4.69) is 10.6 Å². The van der Waals surface area contributed by atoms with E-state index in [4.69, 9.17) is 4.74 Å². The predicted octanol–water partition coefficient (Wildman–Crippen LogP) is 4.24. The summed E-state index contributed by atoms with van der Waals surface area (Å²) in [7, 11) is 0. The largest absolute Gasteiger partial charge is 0.484 e. The fraction of sp³-hybridized carbons (Fsp3) is 0.200. The second-order valence-electron chi connectivity index (χ2n) is 6.86. The third-order valence-corrected chi connectivity index (χ3v) is 4.70. The number of anilines is 1. The molecule has 0 aromatic heterocycles. The highest BCUT2D eigenvalue weighted by Gasteiger charge is 2.08. The summed E-state index contributed by atoms with van der Waals surface area (Å²) in [6.45, 7) is 2.52. The summed E-state index contributed by atoms with van der Waals surface area (Å²) in [5, 5.41) is 5.78. The van der Waals surface area contributed by atoms with Gasteiger partial charge in [0.25, 0.3) is 11.8 Å². The van der Waals surface area contributed by atoms with Crippen molar-refractivity contribution in [2.45, 2.75) is 19.8 Å². The molecule has 0 aliphatic carbocycles. The Morgan fingerprint density at radius 3 is 2.30 bits per heavy atom. The van der Waals surface area contributed by atoms with Crippen LogP contribution >= 0.6 is 0 Å². The van der Waals surface area contributed by atoms with Crippen molar-refractivity contribution in [3.8, 4) is 5.75 Å². The molecular formula is C25H26N2O3. The quantitative estimate of drug-likeness (QED) is 0.563. The van der Waals surface area contributed by atoms with Crippen molar-refractivity contribution in [2.24, 2.45) is 0 Å². The predicted molar refractivity (Wildman–Crippen MR) is 119 cm³/mol. The molecular weight excluding hydrogens is 376 g/mol. The van der Waals surface area contributed by atoms with Crippen LogP contribution in [0.15, 0.2) is 78.9 Å². The number of ether oxygens (including phenoxy) is 1. The van der Waals surface area contributed by atoms with Gasteiger partial charge in [-0.3, -0.25) is 9.59 Å². The number of carbonyl (C=O) groups excluding carboxylic acids is 2. The molecule has 30 heavy (non-hydrogen) atoms. The normalized spacial score (nSPS) is 10.3. The van der Waals surface area contributed by atoms with Gasteiger partial charge >= 0.3 is 0 Å². The molecule has 0 bridgehead atoms. The zero-order valence-corrected chi connectivity index (χ0v) is 17.1. The zero-order chi connectivity index (χ0) is 21.2. The minimum atomic E-state index is -0.223. The molecule has 2 amide bonds. The van der Waals surface area contributed by atoms with Gasteiger partial charge < -0.3 is 15.4 Å². The third-order valence-electron chi connectivity index (χ3n) is 4.70. The van der Waals surface area contributed by atoms with E-state index in [0.717, 1.165) is 24.1 Å². The lowest BCUT2D eigenvalue weighted by Gasteiger charge is -2.11. The number of para-hydroxylation sites is 1. The van der Waals surface area contributed by atoms with Gasteiger partial charge in [0.15, 0.2) is 6.61 Å². The summed E-state index contributed by atoms with van der Waals surface area (Å²) in [5.74, 6) is 0.180. The molecule has 0 unspecified atom stereocenters. The van der Waals surface area contributed by atoms with E-state index in [1.54, 1.807) is 24.3 Å². The number of rotatable bonds is 9. The number of hydrogen-bond donors (Lipinski definition) is 2. The van der Waals surface area contributed by atoms with Crippen molar-refractivity contribution in [3.05, 3.63) is 95.6 Å². The van der Waals surface area contributed by atoms with Gasteiger partial charge in [0.05, 0.1) is 0 Å². The van der Waals surface area contributed by atoms with Crippen LogP contribution < -0.4 is 15.4 Å². The van der Waals surface area contributed by atoms with Crippen LogP contribution in [-0.4, -0.2) is 25.0 Å². The highest BCUT2D eigenvalue weighted by molar-refractivity contribution is 5.94. The molecule has 0 heterocycles. The second kappa shape index (κ2) is 10.8. The van der Waals surface area contributed by atoms with E-state index in [0.29, 0.717) is 17.9 Å². The Labute approximate surface area is 177 Å². The molecule has 0 spiro atoms. The molecule has 3 aromatic carbocycles. The molecule has 0 aliphatic heterocycles. The van der Waals surface area contributed by atoms with Crippen LogP contribution in [0.25, 0.3) is 0 Å². The summed E-state index contributed by atoms with van der Waals surface area (Å²) in [6, 6.07) is 24.5. The first-order chi connectivity index (χ1) is 14.7. The Morgan fingerprint density at radius 2 is 1.57 bits per heavy atom. The first-order valence-corrected chi connectivity index (χ1v) is 10.1. The monoisotopic (exact) mass is 402 g/mol.